The van der Waals surface area contributed by atoms with Crippen LogP contribution in [0.25, 0.3) is 11.3 Å². The molecule has 0 radical (unpaired) electrons. The molecule has 7 nitrogen and oxygen atoms in total. The Morgan fingerprint density at radius 2 is 2.04 bits per heavy atom. The first-order valence-corrected chi connectivity index (χ1v) is 8.14. The number of hydrogen-bond donors (Lipinski definition) is 2. The number of anilines is 2. The Balaban J connectivity index is 2.54. The van der Waals surface area contributed by atoms with Gasteiger partial charge in [0.2, 0.25) is 5.95 Å². The zero-order valence-corrected chi connectivity index (χ0v) is 15.1. The molecule has 1 aromatic heterocycles. The molecule has 2 aromatic rings. The minimum Gasteiger partial charge on any atom is -0.493 e. The van der Waals surface area contributed by atoms with Crippen molar-refractivity contribution in [2.45, 2.75) is 19.8 Å². The Kier molecular flexibility index (Phi) is 5.82. The van der Waals surface area contributed by atoms with Crippen LogP contribution in [-0.4, -0.2) is 23.7 Å². The van der Waals surface area contributed by atoms with Crippen LogP contribution in [0.2, 0.25) is 0 Å². The van der Waals surface area contributed by atoms with Gasteiger partial charge >= 0.3 is 0 Å². The second kappa shape index (κ2) is 7.84. The van der Waals surface area contributed by atoms with Crippen LogP contribution < -0.4 is 20.9 Å². The van der Waals surface area contributed by atoms with Crippen molar-refractivity contribution >= 4 is 27.7 Å². The smallest absolute Gasteiger partial charge is 0.222 e. The van der Waals surface area contributed by atoms with Crippen LogP contribution in [0.1, 0.15) is 25.3 Å². The maximum absolute atomic E-state index is 9.33. The highest BCUT2D eigenvalue weighted by Gasteiger charge is 2.18. The van der Waals surface area contributed by atoms with Gasteiger partial charge in [-0.15, -0.1) is 0 Å². The Bertz CT molecular complexity index is 789. The van der Waals surface area contributed by atoms with Crippen LogP contribution in [-0.2, 0) is 0 Å². The standard InChI is InChI=1S/C16H18BrN5O2/c1-3-4-5-24-14-11(17)6-9(7-12(14)23-2)13-10(8-18)15(19)22-16(20)21-13/h6-7H,3-5H2,1-2H3,(H4,19,20,21,22). The van der Waals surface area contributed by atoms with Gasteiger partial charge in [0.1, 0.15) is 17.5 Å². The minimum atomic E-state index is -0.000128. The molecule has 0 aliphatic rings. The van der Waals surface area contributed by atoms with E-state index in [1.807, 2.05) is 6.07 Å². The van der Waals surface area contributed by atoms with E-state index in [2.05, 4.69) is 32.8 Å². The summed E-state index contributed by atoms with van der Waals surface area (Å²) in [6.07, 6.45) is 1.97. The molecule has 0 aliphatic carbocycles. The maximum Gasteiger partial charge on any atom is 0.222 e. The summed E-state index contributed by atoms with van der Waals surface area (Å²) in [5.41, 5.74) is 12.6. The molecule has 1 heterocycles. The van der Waals surface area contributed by atoms with Crippen molar-refractivity contribution in [3.63, 3.8) is 0 Å². The lowest BCUT2D eigenvalue weighted by Crippen LogP contribution is -2.05. The van der Waals surface area contributed by atoms with Crippen molar-refractivity contribution in [3.8, 4) is 28.8 Å². The number of nitriles is 1. The summed E-state index contributed by atoms with van der Waals surface area (Å²) in [4.78, 5) is 7.96. The molecule has 0 aliphatic heterocycles. The third-order valence-electron chi connectivity index (χ3n) is 3.31. The van der Waals surface area contributed by atoms with E-state index in [-0.39, 0.29) is 17.3 Å². The molecule has 24 heavy (non-hydrogen) atoms. The first-order valence-electron chi connectivity index (χ1n) is 7.35. The summed E-state index contributed by atoms with van der Waals surface area (Å²) in [7, 11) is 1.55. The van der Waals surface area contributed by atoms with E-state index in [0.717, 1.165) is 12.8 Å². The molecule has 0 amide bonds. The highest BCUT2D eigenvalue weighted by Crippen LogP contribution is 2.40. The molecule has 0 atom stereocenters. The van der Waals surface area contributed by atoms with Gasteiger partial charge in [0.05, 0.1) is 23.9 Å². The van der Waals surface area contributed by atoms with Crippen LogP contribution in [0.5, 0.6) is 11.5 Å². The molecule has 0 spiro atoms. The van der Waals surface area contributed by atoms with Crippen molar-refractivity contribution in [3.05, 3.63) is 22.2 Å². The fourth-order valence-corrected chi connectivity index (χ4v) is 2.69. The lowest BCUT2D eigenvalue weighted by atomic mass is 10.1. The second-order valence-electron chi connectivity index (χ2n) is 4.99. The fraction of sp³-hybridized carbons (Fsp3) is 0.312. The van der Waals surface area contributed by atoms with Gasteiger partial charge < -0.3 is 20.9 Å². The quantitative estimate of drug-likeness (QED) is 0.725. The highest BCUT2D eigenvalue weighted by atomic mass is 79.9. The highest BCUT2D eigenvalue weighted by molar-refractivity contribution is 9.10. The topological polar surface area (TPSA) is 120 Å². The molecule has 0 saturated heterocycles. The van der Waals surface area contributed by atoms with E-state index in [1.54, 1.807) is 19.2 Å². The third-order valence-corrected chi connectivity index (χ3v) is 3.90. The van der Waals surface area contributed by atoms with E-state index in [9.17, 15) is 5.26 Å². The van der Waals surface area contributed by atoms with Crippen molar-refractivity contribution in [1.29, 1.82) is 5.26 Å². The van der Waals surface area contributed by atoms with Gasteiger partial charge in [-0.1, -0.05) is 13.3 Å². The predicted molar refractivity (Wildman–Crippen MR) is 95.7 cm³/mol. The average molecular weight is 392 g/mol. The summed E-state index contributed by atoms with van der Waals surface area (Å²) in [5, 5.41) is 9.33. The van der Waals surface area contributed by atoms with Gasteiger partial charge in [-0.25, -0.2) is 4.98 Å². The second-order valence-corrected chi connectivity index (χ2v) is 5.85. The molecule has 4 N–H and O–H groups in total. The number of unbranched alkanes of at least 4 members (excludes halogenated alkanes) is 1. The first-order chi connectivity index (χ1) is 11.5. The van der Waals surface area contributed by atoms with Gasteiger partial charge in [-0.3, -0.25) is 0 Å². The van der Waals surface area contributed by atoms with Crippen LogP contribution >= 0.6 is 15.9 Å². The van der Waals surface area contributed by atoms with Gasteiger partial charge in [0, 0.05) is 5.56 Å². The SMILES string of the molecule is CCCCOc1c(Br)cc(-c2nc(N)nc(N)c2C#N)cc1OC. The molecule has 126 valence electrons. The third kappa shape index (κ3) is 3.68. The number of aromatic nitrogens is 2. The van der Waals surface area contributed by atoms with Gasteiger partial charge in [0.25, 0.3) is 0 Å². The summed E-state index contributed by atoms with van der Waals surface area (Å²) >= 11 is 3.48. The Labute approximate surface area is 148 Å². The first kappa shape index (κ1) is 17.8. The van der Waals surface area contributed by atoms with Crippen LogP contribution in [0.4, 0.5) is 11.8 Å². The number of rotatable bonds is 6. The van der Waals surface area contributed by atoms with Gasteiger partial charge in [0.15, 0.2) is 11.5 Å². The van der Waals surface area contributed by atoms with Crippen molar-refractivity contribution in [2.24, 2.45) is 0 Å². The number of methoxy groups -OCH3 is 1. The van der Waals surface area contributed by atoms with Crippen molar-refractivity contribution in [2.75, 3.05) is 25.2 Å². The largest absolute Gasteiger partial charge is 0.493 e. The Morgan fingerprint density at radius 1 is 1.29 bits per heavy atom. The van der Waals surface area contributed by atoms with E-state index in [1.165, 1.54) is 0 Å². The zero-order chi connectivity index (χ0) is 17.7. The normalized spacial score (nSPS) is 10.2. The average Bonchev–Trinajstić information content (AvgIpc) is 2.55. The maximum atomic E-state index is 9.33. The lowest BCUT2D eigenvalue weighted by molar-refractivity contribution is 0.286. The lowest BCUT2D eigenvalue weighted by Gasteiger charge is -2.15. The molecule has 2 rings (SSSR count). The molecule has 1 aromatic carbocycles. The Hall–Kier alpha value is -2.53. The number of halogens is 1. The number of nitrogens with two attached hydrogens (primary N) is 2. The van der Waals surface area contributed by atoms with E-state index < -0.39 is 0 Å². The Morgan fingerprint density at radius 3 is 2.67 bits per heavy atom. The van der Waals surface area contributed by atoms with Crippen LogP contribution in [0.15, 0.2) is 16.6 Å². The van der Waals surface area contributed by atoms with Crippen molar-refractivity contribution < 1.29 is 9.47 Å². The summed E-state index contributed by atoms with van der Waals surface area (Å²) in [5.74, 6) is 1.16. The fourth-order valence-electron chi connectivity index (χ4n) is 2.13. The molecule has 0 fully saturated rings. The molecular weight excluding hydrogens is 374 g/mol. The summed E-state index contributed by atoms with van der Waals surface area (Å²) in [6, 6.07) is 5.52. The molecule has 0 bridgehead atoms. The van der Waals surface area contributed by atoms with E-state index in [0.29, 0.717) is 33.8 Å². The number of benzene rings is 1. The monoisotopic (exact) mass is 391 g/mol. The molecule has 0 saturated carbocycles. The van der Waals surface area contributed by atoms with E-state index >= 15 is 0 Å². The number of ether oxygens (including phenoxy) is 2. The molecule has 0 unspecified atom stereocenters. The number of nitrogens with zero attached hydrogens (tertiary/aromatic N) is 3. The number of nitrogen functional groups attached to an aromatic ring is 2. The van der Waals surface area contributed by atoms with Crippen LogP contribution in [0.3, 0.4) is 0 Å². The van der Waals surface area contributed by atoms with Gasteiger partial charge in [-0.05, 0) is 34.5 Å². The van der Waals surface area contributed by atoms with Crippen molar-refractivity contribution in [1.82, 2.24) is 9.97 Å². The summed E-state index contributed by atoms with van der Waals surface area (Å²) in [6.45, 7) is 2.67. The zero-order valence-electron chi connectivity index (χ0n) is 13.5. The minimum absolute atomic E-state index is 0.000128. The number of hydrogen-bond acceptors (Lipinski definition) is 7. The molecule has 8 heteroatoms. The van der Waals surface area contributed by atoms with E-state index in [4.69, 9.17) is 20.9 Å². The predicted octanol–water partition coefficient (Wildman–Crippen LogP) is 3.13. The molecular formula is C16H18BrN5O2. The summed E-state index contributed by atoms with van der Waals surface area (Å²) < 4.78 is 11.9. The van der Waals surface area contributed by atoms with Crippen LogP contribution in [0, 0.1) is 11.3 Å². The van der Waals surface area contributed by atoms with Gasteiger partial charge in [-0.2, -0.15) is 10.2 Å².